The van der Waals surface area contributed by atoms with Crippen molar-refractivity contribution in [2.24, 2.45) is 5.41 Å². The summed E-state index contributed by atoms with van der Waals surface area (Å²) in [5.74, 6) is 1.01. The molecule has 2 bridgehead atoms. The van der Waals surface area contributed by atoms with E-state index in [-0.39, 0.29) is 17.4 Å². The number of ether oxygens (including phenoxy) is 1. The molecule has 0 aliphatic carbocycles. The Labute approximate surface area is 173 Å². The molecule has 154 valence electrons. The van der Waals surface area contributed by atoms with Crippen LogP contribution in [-0.4, -0.2) is 42.0 Å². The highest BCUT2D eigenvalue weighted by Gasteiger charge is 2.55. The molecule has 1 N–H and O–H groups in total. The normalized spacial score (nSPS) is 25.2. The Morgan fingerprint density at radius 3 is 2.83 bits per heavy atom. The number of hydrogen-bond acceptors (Lipinski definition) is 4. The second kappa shape index (κ2) is 7.79. The maximum Gasteiger partial charge on any atom is 0.230 e. The molecule has 3 heterocycles. The average molecular weight is 394 g/mol. The minimum Gasteiger partial charge on any atom is -0.494 e. The molecule has 0 radical (unpaired) electrons. The van der Waals surface area contributed by atoms with Crippen LogP contribution in [0, 0.1) is 5.41 Å². The zero-order chi connectivity index (χ0) is 20.6. The smallest absolute Gasteiger partial charge is 0.230 e. The fourth-order valence-corrected chi connectivity index (χ4v) is 5.15. The van der Waals surface area contributed by atoms with Crippen LogP contribution in [-0.2, 0) is 11.3 Å². The zero-order valence-electron chi connectivity index (χ0n) is 17.9. The number of methoxy groups -OCH3 is 1. The molecule has 1 aromatic heterocycles. The minimum absolute atomic E-state index is 0.252. The van der Waals surface area contributed by atoms with E-state index >= 15 is 0 Å². The van der Waals surface area contributed by atoms with Gasteiger partial charge >= 0.3 is 0 Å². The standard InChI is InChI=1S/C24H31N3O2/c1-16(2)11-12-24(14-18-8-10-21(24)26-18)23(28)27(3)15-17-7-9-20(29-4)22-19(17)6-5-13-25-22/h5-7,9,11,13,18,21,26H,8,10,12,14-15H2,1-4H3/t18-,21+,24+/m0/s1. The quantitative estimate of drug-likeness (QED) is 0.752. The second-order valence-corrected chi connectivity index (χ2v) is 8.83. The van der Waals surface area contributed by atoms with Crippen molar-refractivity contribution in [2.75, 3.05) is 14.2 Å². The van der Waals surface area contributed by atoms with Gasteiger partial charge in [-0.1, -0.05) is 23.8 Å². The van der Waals surface area contributed by atoms with Crippen LogP contribution in [0.3, 0.4) is 0 Å². The summed E-state index contributed by atoms with van der Waals surface area (Å²) in [5, 5.41) is 4.72. The summed E-state index contributed by atoms with van der Waals surface area (Å²) in [6, 6.07) is 8.75. The maximum atomic E-state index is 13.7. The number of carbonyl (C=O) groups excluding carboxylic acids is 1. The summed E-state index contributed by atoms with van der Waals surface area (Å²) in [4.78, 5) is 20.2. The number of aromatic nitrogens is 1. The summed E-state index contributed by atoms with van der Waals surface area (Å²) in [6.45, 7) is 4.79. The molecule has 2 aliphatic heterocycles. The predicted molar refractivity (Wildman–Crippen MR) is 116 cm³/mol. The van der Waals surface area contributed by atoms with Gasteiger partial charge in [0, 0.05) is 37.3 Å². The summed E-state index contributed by atoms with van der Waals surface area (Å²) in [5.41, 5.74) is 2.89. The molecule has 2 aromatic rings. The van der Waals surface area contributed by atoms with Crippen LogP contribution in [0.2, 0.25) is 0 Å². The molecule has 2 aliphatic rings. The lowest BCUT2D eigenvalue weighted by Gasteiger charge is -2.38. The Kier molecular flexibility index (Phi) is 5.34. The van der Waals surface area contributed by atoms with Crippen LogP contribution >= 0.6 is 0 Å². The zero-order valence-corrected chi connectivity index (χ0v) is 17.9. The van der Waals surface area contributed by atoms with Gasteiger partial charge in [-0.15, -0.1) is 0 Å². The number of rotatable bonds is 6. The molecule has 5 nitrogen and oxygen atoms in total. The van der Waals surface area contributed by atoms with Gasteiger partial charge in [-0.25, -0.2) is 0 Å². The first-order chi connectivity index (χ1) is 13.9. The number of nitrogens with zero attached hydrogens (tertiary/aromatic N) is 2. The number of carbonyl (C=O) groups is 1. The maximum absolute atomic E-state index is 13.7. The number of amides is 1. The van der Waals surface area contributed by atoms with E-state index in [1.807, 2.05) is 24.1 Å². The molecular formula is C24H31N3O2. The monoisotopic (exact) mass is 393 g/mol. The number of pyridine rings is 1. The van der Waals surface area contributed by atoms with E-state index in [1.54, 1.807) is 13.3 Å². The van der Waals surface area contributed by atoms with Crippen molar-refractivity contribution >= 4 is 16.8 Å². The highest BCUT2D eigenvalue weighted by atomic mass is 16.5. The Morgan fingerprint density at radius 2 is 2.17 bits per heavy atom. The molecule has 2 fully saturated rings. The van der Waals surface area contributed by atoms with Crippen molar-refractivity contribution < 1.29 is 9.53 Å². The van der Waals surface area contributed by atoms with Gasteiger partial charge in [-0.05, 0) is 57.2 Å². The van der Waals surface area contributed by atoms with Gasteiger partial charge < -0.3 is 15.0 Å². The van der Waals surface area contributed by atoms with E-state index < -0.39 is 0 Å². The number of benzene rings is 1. The average Bonchev–Trinajstić information content (AvgIpc) is 3.34. The fraction of sp³-hybridized carbons (Fsp3) is 0.500. The van der Waals surface area contributed by atoms with E-state index in [0.29, 0.717) is 12.6 Å². The van der Waals surface area contributed by atoms with Gasteiger partial charge in [-0.3, -0.25) is 9.78 Å². The summed E-state index contributed by atoms with van der Waals surface area (Å²) < 4.78 is 5.46. The molecule has 0 saturated carbocycles. The van der Waals surface area contributed by atoms with Gasteiger partial charge in [0.15, 0.2) is 0 Å². The second-order valence-electron chi connectivity index (χ2n) is 8.83. The molecule has 5 heteroatoms. The van der Waals surface area contributed by atoms with Crippen LogP contribution in [0.1, 0.15) is 45.1 Å². The SMILES string of the molecule is COc1ccc(CN(C)C(=O)[C@]2(CC=C(C)C)C[C@@H]3CC[C@H]2N3)c2cccnc12. The molecule has 2 saturated heterocycles. The summed E-state index contributed by atoms with van der Waals surface area (Å²) in [7, 11) is 3.60. The van der Waals surface area contributed by atoms with E-state index in [1.165, 1.54) is 12.0 Å². The van der Waals surface area contributed by atoms with Crippen LogP contribution < -0.4 is 10.1 Å². The third-order valence-corrected chi connectivity index (χ3v) is 6.62. The topological polar surface area (TPSA) is 54.5 Å². The first kappa shape index (κ1) is 19.9. The Bertz CT molecular complexity index is 950. The van der Waals surface area contributed by atoms with Gasteiger partial charge in [0.1, 0.15) is 11.3 Å². The van der Waals surface area contributed by atoms with E-state index in [9.17, 15) is 4.79 Å². The van der Waals surface area contributed by atoms with E-state index in [2.05, 4.69) is 42.4 Å². The van der Waals surface area contributed by atoms with Crippen molar-refractivity contribution in [3.63, 3.8) is 0 Å². The molecular weight excluding hydrogens is 362 g/mol. The molecule has 1 aromatic carbocycles. The predicted octanol–water partition coefficient (Wildman–Crippen LogP) is 4.07. The Hall–Kier alpha value is -2.40. The molecule has 1 amide bonds. The number of nitrogens with one attached hydrogen (secondary N) is 1. The third-order valence-electron chi connectivity index (χ3n) is 6.62. The van der Waals surface area contributed by atoms with Gasteiger partial charge in [-0.2, -0.15) is 0 Å². The van der Waals surface area contributed by atoms with Crippen molar-refractivity contribution in [3.05, 3.63) is 47.7 Å². The van der Waals surface area contributed by atoms with Crippen LogP contribution in [0.4, 0.5) is 0 Å². The molecule has 29 heavy (non-hydrogen) atoms. The van der Waals surface area contributed by atoms with Crippen molar-refractivity contribution in [3.8, 4) is 5.75 Å². The fourth-order valence-electron chi connectivity index (χ4n) is 5.15. The summed E-state index contributed by atoms with van der Waals surface area (Å²) in [6.07, 6.45) is 8.05. The largest absolute Gasteiger partial charge is 0.494 e. The minimum atomic E-state index is -0.324. The van der Waals surface area contributed by atoms with Gasteiger partial charge in [0.05, 0.1) is 12.5 Å². The van der Waals surface area contributed by atoms with Gasteiger partial charge in [0.25, 0.3) is 0 Å². The molecule has 4 rings (SSSR count). The molecule has 3 atom stereocenters. The van der Waals surface area contributed by atoms with Crippen LogP contribution in [0.25, 0.3) is 10.9 Å². The first-order valence-corrected chi connectivity index (χ1v) is 10.5. The molecule has 0 spiro atoms. The van der Waals surface area contributed by atoms with Gasteiger partial charge in [0.2, 0.25) is 5.91 Å². The van der Waals surface area contributed by atoms with E-state index in [0.717, 1.165) is 41.5 Å². The van der Waals surface area contributed by atoms with Crippen molar-refractivity contribution in [1.29, 1.82) is 0 Å². The highest BCUT2D eigenvalue weighted by molar-refractivity contribution is 5.89. The third kappa shape index (κ3) is 3.52. The lowest BCUT2D eigenvalue weighted by Crippen LogP contribution is -2.48. The Balaban J connectivity index is 1.62. The summed E-state index contributed by atoms with van der Waals surface area (Å²) >= 11 is 0. The van der Waals surface area contributed by atoms with Crippen LogP contribution in [0.15, 0.2) is 42.1 Å². The van der Waals surface area contributed by atoms with E-state index in [4.69, 9.17) is 4.74 Å². The van der Waals surface area contributed by atoms with Crippen LogP contribution in [0.5, 0.6) is 5.75 Å². The van der Waals surface area contributed by atoms with Crippen molar-refractivity contribution in [2.45, 2.75) is 58.2 Å². The number of allylic oxidation sites excluding steroid dienone is 2. The van der Waals surface area contributed by atoms with Crippen molar-refractivity contribution in [1.82, 2.24) is 15.2 Å². The molecule has 0 unspecified atom stereocenters. The lowest BCUT2D eigenvalue weighted by molar-refractivity contribution is -0.142. The Morgan fingerprint density at radius 1 is 1.34 bits per heavy atom. The first-order valence-electron chi connectivity index (χ1n) is 10.5. The number of fused-ring (bicyclic) bond motifs is 3. The number of hydrogen-bond donors (Lipinski definition) is 1. The lowest BCUT2D eigenvalue weighted by atomic mass is 9.70. The highest BCUT2D eigenvalue weighted by Crippen LogP contribution is 2.47.